The normalized spacial score (nSPS) is 12.2. The molecule has 2 aromatic carbocycles. The molecule has 0 aliphatic rings. The predicted octanol–water partition coefficient (Wildman–Crippen LogP) is 3.81. The third-order valence-corrected chi connectivity index (χ3v) is 3.47. The summed E-state index contributed by atoms with van der Waals surface area (Å²) in [5, 5.41) is 10.2. The first-order valence-corrected chi connectivity index (χ1v) is 6.67. The van der Waals surface area contributed by atoms with E-state index in [1.54, 1.807) is 13.2 Å². The summed E-state index contributed by atoms with van der Waals surface area (Å²) < 4.78 is 18.3. The third-order valence-electron chi connectivity index (χ3n) is 3.47. The molecule has 0 bridgehead atoms. The van der Waals surface area contributed by atoms with Crippen LogP contribution >= 0.6 is 0 Å². The number of aliphatic hydroxyl groups is 1. The van der Waals surface area contributed by atoms with Crippen LogP contribution in [-0.4, -0.2) is 12.2 Å². The summed E-state index contributed by atoms with van der Waals surface area (Å²) in [6.45, 7) is 1.88. The minimum Gasteiger partial charge on any atom is -0.497 e. The van der Waals surface area contributed by atoms with Crippen molar-refractivity contribution < 1.29 is 14.2 Å². The van der Waals surface area contributed by atoms with Crippen molar-refractivity contribution in [2.75, 3.05) is 7.11 Å². The fourth-order valence-corrected chi connectivity index (χ4v) is 2.22. The molecule has 20 heavy (non-hydrogen) atoms. The fraction of sp³-hybridized carbons (Fsp3) is 0.294. The SMILES string of the molecule is COc1ccc(CCC(O)c2cc(F)ccc2C)cc1. The van der Waals surface area contributed by atoms with Gasteiger partial charge in [-0.15, -0.1) is 0 Å². The quantitative estimate of drug-likeness (QED) is 0.898. The highest BCUT2D eigenvalue weighted by molar-refractivity contribution is 5.30. The molecule has 1 atom stereocenters. The second-order valence-corrected chi connectivity index (χ2v) is 4.90. The highest BCUT2D eigenvalue weighted by Gasteiger charge is 2.11. The van der Waals surface area contributed by atoms with Gasteiger partial charge in [0, 0.05) is 0 Å². The Morgan fingerprint density at radius 1 is 1.15 bits per heavy atom. The van der Waals surface area contributed by atoms with E-state index >= 15 is 0 Å². The average Bonchev–Trinajstić information content (AvgIpc) is 2.47. The molecule has 0 fully saturated rings. The van der Waals surface area contributed by atoms with Crippen molar-refractivity contribution in [3.63, 3.8) is 0 Å². The van der Waals surface area contributed by atoms with E-state index < -0.39 is 6.10 Å². The Labute approximate surface area is 118 Å². The van der Waals surface area contributed by atoms with Gasteiger partial charge in [-0.2, -0.15) is 0 Å². The number of methoxy groups -OCH3 is 1. The zero-order valence-corrected chi connectivity index (χ0v) is 11.8. The maximum atomic E-state index is 13.2. The van der Waals surface area contributed by atoms with E-state index in [2.05, 4.69) is 0 Å². The van der Waals surface area contributed by atoms with Crippen molar-refractivity contribution in [1.29, 1.82) is 0 Å². The second-order valence-electron chi connectivity index (χ2n) is 4.90. The molecule has 0 aliphatic carbocycles. The molecule has 0 spiro atoms. The largest absolute Gasteiger partial charge is 0.497 e. The average molecular weight is 274 g/mol. The van der Waals surface area contributed by atoms with Crippen molar-refractivity contribution in [1.82, 2.24) is 0 Å². The summed E-state index contributed by atoms with van der Waals surface area (Å²) in [4.78, 5) is 0. The van der Waals surface area contributed by atoms with Gasteiger partial charge in [0.1, 0.15) is 11.6 Å². The molecule has 0 saturated heterocycles. The van der Waals surface area contributed by atoms with Gasteiger partial charge >= 0.3 is 0 Å². The van der Waals surface area contributed by atoms with Gasteiger partial charge in [0.15, 0.2) is 0 Å². The summed E-state index contributed by atoms with van der Waals surface area (Å²) in [5.41, 5.74) is 2.70. The van der Waals surface area contributed by atoms with Crippen LogP contribution in [0.2, 0.25) is 0 Å². The van der Waals surface area contributed by atoms with Gasteiger partial charge in [0.2, 0.25) is 0 Å². The van der Waals surface area contributed by atoms with Crippen LogP contribution in [0.1, 0.15) is 29.2 Å². The van der Waals surface area contributed by atoms with Crippen LogP contribution < -0.4 is 4.74 Å². The first-order valence-electron chi connectivity index (χ1n) is 6.67. The van der Waals surface area contributed by atoms with Crippen molar-refractivity contribution in [2.45, 2.75) is 25.9 Å². The first-order chi connectivity index (χ1) is 9.60. The van der Waals surface area contributed by atoms with E-state index in [0.29, 0.717) is 12.0 Å². The number of hydrogen-bond acceptors (Lipinski definition) is 2. The van der Waals surface area contributed by atoms with Crippen molar-refractivity contribution in [3.8, 4) is 5.75 Å². The van der Waals surface area contributed by atoms with Gasteiger partial charge in [0.25, 0.3) is 0 Å². The van der Waals surface area contributed by atoms with Gasteiger partial charge in [-0.05, 0) is 60.7 Å². The predicted molar refractivity (Wildman–Crippen MR) is 77.4 cm³/mol. The number of aryl methyl sites for hydroxylation is 2. The number of benzene rings is 2. The van der Waals surface area contributed by atoms with Crippen molar-refractivity contribution in [2.24, 2.45) is 0 Å². The molecular formula is C17H19FO2. The Morgan fingerprint density at radius 3 is 2.50 bits per heavy atom. The van der Waals surface area contributed by atoms with Crippen LogP contribution in [0.15, 0.2) is 42.5 Å². The van der Waals surface area contributed by atoms with Gasteiger partial charge in [-0.3, -0.25) is 0 Å². The van der Waals surface area contributed by atoms with E-state index in [1.165, 1.54) is 12.1 Å². The zero-order valence-electron chi connectivity index (χ0n) is 11.8. The summed E-state index contributed by atoms with van der Waals surface area (Å²) in [6, 6.07) is 12.3. The van der Waals surface area contributed by atoms with Gasteiger partial charge in [0.05, 0.1) is 13.2 Å². The number of rotatable bonds is 5. The molecule has 106 valence electrons. The van der Waals surface area contributed by atoms with Crippen LogP contribution in [0.25, 0.3) is 0 Å². The minimum absolute atomic E-state index is 0.311. The molecule has 0 saturated carbocycles. The molecule has 2 aromatic rings. The van der Waals surface area contributed by atoms with Crippen LogP contribution in [0.4, 0.5) is 4.39 Å². The van der Waals surface area contributed by atoms with E-state index in [-0.39, 0.29) is 5.82 Å². The maximum absolute atomic E-state index is 13.2. The van der Waals surface area contributed by atoms with Crippen molar-refractivity contribution in [3.05, 3.63) is 65.0 Å². The third kappa shape index (κ3) is 3.58. The minimum atomic E-state index is -0.646. The molecule has 1 unspecified atom stereocenters. The molecule has 0 aromatic heterocycles. The van der Waals surface area contributed by atoms with Crippen LogP contribution in [0.5, 0.6) is 5.75 Å². The number of aliphatic hydroxyl groups excluding tert-OH is 1. The molecular weight excluding hydrogens is 255 g/mol. The summed E-state index contributed by atoms with van der Waals surface area (Å²) >= 11 is 0. The van der Waals surface area contributed by atoms with E-state index in [9.17, 15) is 9.50 Å². The molecule has 0 radical (unpaired) electrons. The van der Waals surface area contributed by atoms with Gasteiger partial charge < -0.3 is 9.84 Å². The summed E-state index contributed by atoms with van der Waals surface area (Å²) in [6.07, 6.45) is 0.658. The highest BCUT2D eigenvalue weighted by Crippen LogP contribution is 2.23. The molecule has 0 amide bonds. The van der Waals surface area contributed by atoms with Crippen LogP contribution in [0, 0.1) is 12.7 Å². The number of ether oxygens (including phenoxy) is 1. The Bertz CT molecular complexity index is 564. The van der Waals surface area contributed by atoms with Crippen LogP contribution in [-0.2, 0) is 6.42 Å². The molecule has 3 heteroatoms. The smallest absolute Gasteiger partial charge is 0.123 e. The summed E-state index contributed by atoms with van der Waals surface area (Å²) in [7, 11) is 1.63. The van der Waals surface area contributed by atoms with Gasteiger partial charge in [-0.25, -0.2) is 4.39 Å². The summed E-state index contributed by atoms with van der Waals surface area (Å²) in [5.74, 6) is 0.504. The molecule has 0 aliphatic heterocycles. The molecule has 1 N–H and O–H groups in total. The lowest BCUT2D eigenvalue weighted by Crippen LogP contribution is -2.02. The Hall–Kier alpha value is -1.87. The van der Waals surface area contributed by atoms with Crippen LogP contribution in [0.3, 0.4) is 0 Å². The topological polar surface area (TPSA) is 29.5 Å². The number of hydrogen-bond donors (Lipinski definition) is 1. The van der Waals surface area contributed by atoms with E-state index in [4.69, 9.17) is 4.74 Å². The lowest BCUT2D eigenvalue weighted by atomic mass is 9.98. The number of halogens is 1. The molecule has 0 heterocycles. The van der Waals surface area contributed by atoms with Crippen molar-refractivity contribution >= 4 is 0 Å². The first kappa shape index (κ1) is 14.5. The monoisotopic (exact) mass is 274 g/mol. The Morgan fingerprint density at radius 2 is 1.85 bits per heavy atom. The fourth-order valence-electron chi connectivity index (χ4n) is 2.22. The van der Waals surface area contributed by atoms with E-state index in [0.717, 1.165) is 23.3 Å². The Balaban J connectivity index is 2.00. The van der Waals surface area contributed by atoms with E-state index in [1.807, 2.05) is 31.2 Å². The zero-order chi connectivity index (χ0) is 14.5. The highest BCUT2D eigenvalue weighted by atomic mass is 19.1. The Kier molecular flexibility index (Phi) is 4.74. The molecule has 2 rings (SSSR count). The molecule has 2 nitrogen and oxygen atoms in total. The second kappa shape index (κ2) is 6.53. The lowest BCUT2D eigenvalue weighted by Gasteiger charge is -2.14. The van der Waals surface area contributed by atoms with Gasteiger partial charge in [-0.1, -0.05) is 18.2 Å². The lowest BCUT2D eigenvalue weighted by molar-refractivity contribution is 0.166. The standard InChI is InChI=1S/C17H19FO2/c1-12-3-7-14(18)11-16(12)17(19)10-6-13-4-8-15(20-2)9-5-13/h3-5,7-9,11,17,19H,6,10H2,1-2H3. The maximum Gasteiger partial charge on any atom is 0.123 e.